The number of nitrogens with zero attached hydrogens (tertiary/aromatic N) is 4. The lowest BCUT2D eigenvalue weighted by atomic mass is 10.0. The zero-order chi connectivity index (χ0) is 22.8. The largest absolute Gasteiger partial charge is 0.337 e. The van der Waals surface area contributed by atoms with Crippen LogP contribution < -0.4 is 0 Å². The van der Waals surface area contributed by atoms with E-state index in [9.17, 15) is 4.79 Å². The number of fused-ring (bicyclic) bond motifs is 1. The van der Waals surface area contributed by atoms with Gasteiger partial charge in [-0.1, -0.05) is 30.2 Å². The molecule has 0 saturated carbocycles. The van der Waals surface area contributed by atoms with Crippen LogP contribution in [-0.2, 0) is 0 Å². The first kappa shape index (κ1) is 20.9. The van der Waals surface area contributed by atoms with E-state index in [4.69, 9.17) is 0 Å². The van der Waals surface area contributed by atoms with Gasteiger partial charge in [-0.25, -0.2) is 0 Å². The molecule has 1 fully saturated rings. The highest BCUT2D eigenvalue weighted by atomic mass is 16.2. The Bertz CT molecular complexity index is 1360. The number of rotatable bonds is 3. The maximum absolute atomic E-state index is 13.1. The average Bonchev–Trinajstić information content (AvgIpc) is 3.50. The maximum atomic E-state index is 13.1. The van der Waals surface area contributed by atoms with E-state index in [1.807, 2.05) is 65.7 Å². The van der Waals surface area contributed by atoms with Crippen molar-refractivity contribution in [2.24, 2.45) is 0 Å². The smallest absolute Gasteiger partial charge is 0.253 e. The zero-order valence-electron chi connectivity index (χ0n) is 18.7. The van der Waals surface area contributed by atoms with Crippen molar-refractivity contribution >= 4 is 16.8 Å². The molecule has 0 aliphatic carbocycles. The summed E-state index contributed by atoms with van der Waals surface area (Å²) in [6, 6.07) is 18.0. The lowest BCUT2D eigenvalue weighted by Gasteiger charge is -2.20. The van der Waals surface area contributed by atoms with Gasteiger partial charge in [0.05, 0.1) is 5.52 Å². The number of H-pyrrole nitrogens is 1. The van der Waals surface area contributed by atoms with Crippen molar-refractivity contribution in [1.82, 2.24) is 25.0 Å². The van der Waals surface area contributed by atoms with Crippen LogP contribution in [0.4, 0.5) is 0 Å². The molecule has 5 rings (SSSR count). The van der Waals surface area contributed by atoms with E-state index in [0.29, 0.717) is 17.3 Å². The summed E-state index contributed by atoms with van der Waals surface area (Å²) >= 11 is 0. The first-order valence-electron chi connectivity index (χ1n) is 11.1. The second-order valence-corrected chi connectivity index (χ2v) is 8.53. The summed E-state index contributed by atoms with van der Waals surface area (Å²) in [6.45, 7) is 1.54. The molecule has 33 heavy (non-hydrogen) atoms. The molecule has 1 atom stereocenters. The molecule has 164 valence electrons. The Balaban J connectivity index is 1.45. The second-order valence-electron chi connectivity index (χ2n) is 8.53. The van der Waals surface area contributed by atoms with Gasteiger partial charge in [0.2, 0.25) is 0 Å². The minimum Gasteiger partial charge on any atom is -0.337 e. The van der Waals surface area contributed by atoms with E-state index in [0.717, 1.165) is 47.1 Å². The number of likely N-dealkylation sites (tertiary alicyclic amines) is 1. The van der Waals surface area contributed by atoms with Crippen molar-refractivity contribution in [2.75, 3.05) is 27.2 Å². The normalized spacial score (nSPS) is 15.6. The number of carbonyl (C=O) groups is 1. The molecule has 2 aromatic carbocycles. The number of likely N-dealkylation sites (N-methyl/N-ethyl adjacent to an activating group) is 1. The highest BCUT2D eigenvalue weighted by molar-refractivity contribution is 5.99. The first-order chi connectivity index (χ1) is 16.1. The van der Waals surface area contributed by atoms with E-state index in [1.165, 1.54) is 0 Å². The van der Waals surface area contributed by atoms with Gasteiger partial charge in [-0.2, -0.15) is 5.10 Å². The third-order valence-corrected chi connectivity index (χ3v) is 6.21. The van der Waals surface area contributed by atoms with Gasteiger partial charge < -0.3 is 9.80 Å². The lowest BCUT2D eigenvalue weighted by molar-refractivity contribution is 0.0783. The van der Waals surface area contributed by atoms with Gasteiger partial charge in [0.25, 0.3) is 5.91 Å². The molecular weight excluding hydrogens is 410 g/mol. The minimum absolute atomic E-state index is 0.0586. The summed E-state index contributed by atoms with van der Waals surface area (Å²) in [5.41, 5.74) is 5.11. The molecule has 6 heteroatoms. The van der Waals surface area contributed by atoms with Gasteiger partial charge in [0.1, 0.15) is 5.69 Å². The zero-order valence-corrected chi connectivity index (χ0v) is 18.7. The molecule has 0 bridgehead atoms. The number of nitrogens with one attached hydrogen (secondary N) is 1. The van der Waals surface area contributed by atoms with Gasteiger partial charge in [0.15, 0.2) is 0 Å². The van der Waals surface area contributed by atoms with Crippen LogP contribution in [-0.4, -0.2) is 64.1 Å². The van der Waals surface area contributed by atoms with E-state index in [2.05, 4.69) is 46.0 Å². The van der Waals surface area contributed by atoms with Crippen LogP contribution in [0.3, 0.4) is 0 Å². The van der Waals surface area contributed by atoms with Crippen LogP contribution in [0.5, 0.6) is 0 Å². The SMILES string of the molecule is CN(C)[C@H]1CCN(C(=O)c2ccc3[nH]nc(C#Cc4ccccc4-c4cccnc4)c3c2)C1. The number of hydrogen-bond donors (Lipinski definition) is 1. The van der Waals surface area contributed by atoms with Crippen LogP contribution in [0, 0.1) is 11.8 Å². The summed E-state index contributed by atoms with van der Waals surface area (Å²) in [5.74, 6) is 6.53. The molecule has 0 spiro atoms. The van der Waals surface area contributed by atoms with Crippen LogP contribution in [0.15, 0.2) is 67.0 Å². The fraction of sp³-hybridized carbons (Fsp3) is 0.222. The Morgan fingerprint density at radius 1 is 1.12 bits per heavy atom. The van der Waals surface area contributed by atoms with Gasteiger partial charge in [-0.3, -0.25) is 14.9 Å². The molecule has 1 saturated heterocycles. The molecule has 0 unspecified atom stereocenters. The second kappa shape index (κ2) is 8.89. The van der Waals surface area contributed by atoms with Gasteiger partial charge in [-0.15, -0.1) is 0 Å². The van der Waals surface area contributed by atoms with Crippen molar-refractivity contribution in [1.29, 1.82) is 0 Å². The number of amides is 1. The summed E-state index contributed by atoms with van der Waals surface area (Å²) in [5, 5.41) is 8.29. The van der Waals surface area contributed by atoms with Gasteiger partial charge in [-0.05, 0) is 62.3 Å². The Kier molecular flexibility index (Phi) is 5.64. The molecule has 1 amide bonds. The van der Waals surface area contributed by atoms with Crippen molar-refractivity contribution in [3.63, 3.8) is 0 Å². The summed E-state index contributed by atoms with van der Waals surface area (Å²) < 4.78 is 0. The molecule has 1 N–H and O–H groups in total. The van der Waals surface area contributed by atoms with E-state index >= 15 is 0 Å². The Hall–Kier alpha value is -3.95. The maximum Gasteiger partial charge on any atom is 0.253 e. The topological polar surface area (TPSA) is 65.1 Å². The lowest BCUT2D eigenvalue weighted by Crippen LogP contribution is -2.34. The first-order valence-corrected chi connectivity index (χ1v) is 11.1. The Morgan fingerprint density at radius 2 is 2.00 bits per heavy atom. The highest BCUT2D eigenvalue weighted by Gasteiger charge is 2.28. The minimum atomic E-state index is 0.0586. The molecule has 0 radical (unpaired) electrons. The van der Waals surface area contributed by atoms with E-state index < -0.39 is 0 Å². The molecule has 2 aromatic heterocycles. The third-order valence-electron chi connectivity index (χ3n) is 6.21. The molecule has 1 aliphatic rings. The molecule has 4 aromatic rings. The Morgan fingerprint density at radius 3 is 2.79 bits per heavy atom. The van der Waals surface area contributed by atoms with E-state index in [-0.39, 0.29) is 5.91 Å². The standard InChI is InChI=1S/C27H25N5O/c1-31(2)22-13-15-32(18-22)27(33)20-10-12-26-24(16-20)25(29-30-26)11-9-19-6-3-4-8-23(19)21-7-5-14-28-17-21/h3-8,10,12,14,16-17,22H,13,15,18H2,1-2H3,(H,29,30)/t22-/m0/s1. The quantitative estimate of drug-likeness (QED) is 0.497. The van der Waals surface area contributed by atoms with Crippen LogP contribution in [0.1, 0.15) is 28.0 Å². The van der Waals surface area contributed by atoms with Crippen molar-refractivity contribution in [2.45, 2.75) is 12.5 Å². The van der Waals surface area contributed by atoms with Crippen molar-refractivity contribution in [3.8, 4) is 23.0 Å². The number of carbonyl (C=O) groups excluding carboxylic acids is 1. The number of benzene rings is 2. The van der Waals surface area contributed by atoms with Crippen LogP contribution in [0.25, 0.3) is 22.0 Å². The van der Waals surface area contributed by atoms with Gasteiger partial charge >= 0.3 is 0 Å². The monoisotopic (exact) mass is 435 g/mol. The summed E-state index contributed by atoms with van der Waals surface area (Å²) in [6.07, 6.45) is 4.59. The predicted molar refractivity (Wildman–Crippen MR) is 130 cm³/mol. The number of hydrogen-bond acceptors (Lipinski definition) is 4. The number of pyridine rings is 1. The Labute approximate surface area is 193 Å². The average molecular weight is 436 g/mol. The summed E-state index contributed by atoms with van der Waals surface area (Å²) in [4.78, 5) is 21.4. The van der Waals surface area contributed by atoms with Crippen LogP contribution in [0.2, 0.25) is 0 Å². The fourth-order valence-corrected chi connectivity index (χ4v) is 4.27. The van der Waals surface area contributed by atoms with Crippen molar-refractivity contribution in [3.05, 3.63) is 83.8 Å². The van der Waals surface area contributed by atoms with Gasteiger partial charge in [0, 0.05) is 53.6 Å². The molecule has 6 nitrogen and oxygen atoms in total. The van der Waals surface area contributed by atoms with Crippen molar-refractivity contribution < 1.29 is 4.79 Å². The predicted octanol–water partition coefficient (Wildman–Crippen LogP) is 3.80. The van der Waals surface area contributed by atoms with E-state index in [1.54, 1.807) is 6.20 Å². The highest BCUT2D eigenvalue weighted by Crippen LogP contribution is 2.23. The molecule has 1 aliphatic heterocycles. The number of aromatic amines is 1. The molecule has 3 heterocycles. The molecular formula is C27H25N5O. The fourth-order valence-electron chi connectivity index (χ4n) is 4.27. The third kappa shape index (κ3) is 4.23. The van der Waals surface area contributed by atoms with Crippen LogP contribution >= 0.6 is 0 Å². The summed E-state index contributed by atoms with van der Waals surface area (Å²) in [7, 11) is 4.13. The number of aromatic nitrogens is 3.